The number of nitrogens with zero attached hydrogens (tertiary/aromatic N) is 1. The maximum atomic E-state index is 13.5. The average molecular weight is 379 g/mol. The Labute approximate surface area is 154 Å². The second-order valence-electron chi connectivity index (χ2n) is 6.24. The van der Waals surface area contributed by atoms with E-state index in [4.69, 9.17) is 4.74 Å². The summed E-state index contributed by atoms with van der Waals surface area (Å²) in [7, 11) is 0. The standard InChI is InChI=1S/C18H19F2N3O4/c19-12-3-4-13(14(20)9-12)17(26)22-8-5-16(25)27-10-15(24)23-18(11-21)6-1-2-7-18/h3-4,9H,1-2,5-8,10H2,(H,22,26)(H,23,24). The molecule has 0 spiro atoms. The van der Waals surface area contributed by atoms with E-state index in [0.29, 0.717) is 18.9 Å². The monoisotopic (exact) mass is 379 g/mol. The molecule has 27 heavy (non-hydrogen) atoms. The van der Waals surface area contributed by atoms with Crippen molar-refractivity contribution < 1.29 is 27.9 Å². The summed E-state index contributed by atoms with van der Waals surface area (Å²) in [5.74, 6) is -3.91. The van der Waals surface area contributed by atoms with Crippen molar-refractivity contribution in [3.8, 4) is 6.07 Å². The SMILES string of the molecule is N#CC1(NC(=O)COC(=O)CCNC(=O)c2ccc(F)cc2F)CCCC1. The van der Waals surface area contributed by atoms with E-state index < -0.39 is 41.6 Å². The number of ether oxygens (including phenoxy) is 1. The Balaban J connectivity index is 1.69. The summed E-state index contributed by atoms with van der Waals surface area (Å²) in [6.45, 7) is -0.666. The fourth-order valence-corrected chi connectivity index (χ4v) is 2.81. The van der Waals surface area contributed by atoms with E-state index in [1.165, 1.54) is 0 Å². The number of carbonyl (C=O) groups is 3. The number of hydrogen-bond acceptors (Lipinski definition) is 5. The Morgan fingerprint density at radius 3 is 2.56 bits per heavy atom. The van der Waals surface area contributed by atoms with Crippen LogP contribution in [0.25, 0.3) is 0 Å². The Bertz CT molecular complexity index is 770. The summed E-state index contributed by atoms with van der Waals surface area (Å²) in [6.07, 6.45) is 2.60. The number of nitrogens with one attached hydrogen (secondary N) is 2. The third-order valence-electron chi connectivity index (χ3n) is 4.20. The number of amides is 2. The lowest BCUT2D eigenvalue weighted by Crippen LogP contribution is -2.46. The Morgan fingerprint density at radius 2 is 1.93 bits per heavy atom. The summed E-state index contributed by atoms with van der Waals surface area (Å²) in [5.41, 5.74) is -1.24. The number of carbonyl (C=O) groups excluding carboxylic acids is 3. The fraction of sp³-hybridized carbons (Fsp3) is 0.444. The molecule has 0 atom stereocenters. The topological polar surface area (TPSA) is 108 Å². The predicted octanol–water partition coefficient (Wildman–Crippen LogP) is 1.58. The van der Waals surface area contributed by atoms with E-state index in [1.807, 2.05) is 0 Å². The summed E-state index contributed by atoms with van der Waals surface area (Å²) in [6, 6.07) is 4.62. The fourth-order valence-electron chi connectivity index (χ4n) is 2.81. The highest BCUT2D eigenvalue weighted by molar-refractivity contribution is 5.94. The minimum absolute atomic E-state index is 0.141. The van der Waals surface area contributed by atoms with Gasteiger partial charge in [-0.1, -0.05) is 0 Å². The van der Waals surface area contributed by atoms with Gasteiger partial charge in [0.25, 0.3) is 11.8 Å². The van der Waals surface area contributed by atoms with Crippen molar-refractivity contribution in [2.24, 2.45) is 0 Å². The largest absolute Gasteiger partial charge is 0.456 e. The molecule has 0 radical (unpaired) electrons. The second-order valence-corrected chi connectivity index (χ2v) is 6.24. The van der Waals surface area contributed by atoms with Gasteiger partial charge in [0.2, 0.25) is 0 Å². The van der Waals surface area contributed by atoms with Gasteiger partial charge >= 0.3 is 5.97 Å². The van der Waals surface area contributed by atoms with Gasteiger partial charge in [0.15, 0.2) is 6.61 Å². The van der Waals surface area contributed by atoms with Gasteiger partial charge in [0.1, 0.15) is 17.2 Å². The smallest absolute Gasteiger partial charge is 0.308 e. The zero-order chi connectivity index (χ0) is 19.9. The van der Waals surface area contributed by atoms with E-state index in [0.717, 1.165) is 25.0 Å². The lowest BCUT2D eigenvalue weighted by Gasteiger charge is -2.21. The first-order valence-electron chi connectivity index (χ1n) is 8.46. The third kappa shape index (κ3) is 5.74. The molecule has 1 aliphatic carbocycles. The number of esters is 1. The van der Waals surface area contributed by atoms with Crippen LogP contribution in [0.2, 0.25) is 0 Å². The van der Waals surface area contributed by atoms with Crippen molar-refractivity contribution in [1.82, 2.24) is 10.6 Å². The molecule has 9 heteroatoms. The molecule has 2 rings (SSSR count). The first-order chi connectivity index (χ1) is 12.8. The lowest BCUT2D eigenvalue weighted by atomic mass is 10.00. The second kappa shape index (κ2) is 9.07. The molecular formula is C18H19F2N3O4. The zero-order valence-corrected chi connectivity index (χ0v) is 14.5. The minimum atomic E-state index is -1.01. The first-order valence-corrected chi connectivity index (χ1v) is 8.46. The molecule has 144 valence electrons. The maximum Gasteiger partial charge on any atom is 0.308 e. The van der Waals surface area contributed by atoms with E-state index in [-0.39, 0.29) is 18.5 Å². The molecule has 0 heterocycles. The van der Waals surface area contributed by atoms with E-state index in [9.17, 15) is 28.4 Å². The highest BCUT2D eigenvalue weighted by Gasteiger charge is 2.35. The predicted molar refractivity (Wildman–Crippen MR) is 89.2 cm³/mol. The first kappa shape index (κ1) is 20.3. The number of benzene rings is 1. The molecule has 2 amide bonds. The molecule has 0 unspecified atom stereocenters. The molecule has 0 aliphatic heterocycles. The molecule has 1 aliphatic rings. The van der Waals surface area contributed by atoms with Gasteiger partial charge in [-0.2, -0.15) is 5.26 Å². The van der Waals surface area contributed by atoms with Crippen LogP contribution in [0.4, 0.5) is 8.78 Å². The number of hydrogen-bond donors (Lipinski definition) is 2. The molecular weight excluding hydrogens is 360 g/mol. The average Bonchev–Trinajstić information content (AvgIpc) is 3.08. The number of halogens is 2. The highest BCUT2D eigenvalue weighted by atomic mass is 19.1. The molecule has 7 nitrogen and oxygen atoms in total. The van der Waals surface area contributed by atoms with Gasteiger partial charge < -0.3 is 15.4 Å². The summed E-state index contributed by atoms with van der Waals surface area (Å²) >= 11 is 0. The van der Waals surface area contributed by atoms with Crippen LogP contribution < -0.4 is 10.6 Å². The highest BCUT2D eigenvalue weighted by Crippen LogP contribution is 2.28. The van der Waals surface area contributed by atoms with Crippen molar-refractivity contribution in [3.05, 3.63) is 35.4 Å². The summed E-state index contributed by atoms with van der Waals surface area (Å²) < 4.78 is 31.1. The molecule has 0 aromatic heterocycles. The zero-order valence-electron chi connectivity index (χ0n) is 14.5. The summed E-state index contributed by atoms with van der Waals surface area (Å²) in [5, 5.41) is 14.1. The van der Waals surface area contributed by atoms with Crippen LogP contribution in [0.15, 0.2) is 18.2 Å². The van der Waals surface area contributed by atoms with Crippen molar-refractivity contribution >= 4 is 17.8 Å². The van der Waals surface area contributed by atoms with Crippen LogP contribution in [0.3, 0.4) is 0 Å². The Kier molecular flexibility index (Phi) is 6.82. The van der Waals surface area contributed by atoms with Gasteiger partial charge in [0, 0.05) is 12.6 Å². The van der Waals surface area contributed by atoms with E-state index in [2.05, 4.69) is 16.7 Å². The van der Waals surface area contributed by atoms with Gasteiger partial charge in [-0.05, 0) is 37.8 Å². The Morgan fingerprint density at radius 1 is 1.22 bits per heavy atom. The molecule has 1 aromatic carbocycles. The molecule has 1 aromatic rings. The number of nitriles is 1. The van der Waals surface area contributed by atoms with Crippen LogP contribution >= 0.6 is 0 Å². The minimum Gasteiger partial charge on any atom is -0.456 e. The van der Waals surface area contributed by atoms with Gasteiger partial charge in [-0.25, -0.2) is 8.78 Å². The van der Waals surface area contributed by atoms with Crippen molar-refractivity contribution in [2.45, 2.75) is 37.6 Å². The number of rotatable bonds is 7. The molecule has 0 saturated heterocycles. The van der Waals surface area contributed by atoms with Crippen LogP contribution in [-0.4, -0.2) is 36.5 Å². The molecule has 1 fully saturated rings. The van der Waals surface area contributed by atoms with Gasteiger partial charge in [-0.3, -0.25) is 14.4 Å². The van der Waals surface area contributed by atoms with Crippen LogP contribution in [0.1, 0.15) is 42.5 Å². The summed E-state index contributed by atoms with van der Waals surface area (Å²) in [4.78, 5) is 35.2. The van der Waals surface area contributed by atoms with E-state index >= 15 is 0 Å². The molecule has 2 N–H and O–H groups in total. The normalized spacial score (nSPS) is 14.9. The van der Waals surface area contributed by atoms with Crippen LogP contribution in [0.5, 0.6) is 0 Å². The Hall–Kier alpha value is -3.02. The van der Waals surface area contributed by atoms with Crippen molar-refractivity contribution in [1.29, 1.82) is 5.26 Å². The van der Waals surface area contributed by atoms with Crippen LogP contribution in [-0.2, 0) is 14.3 Å². The molecule has 1 saturated carbocycles. The van der Waals surface area contributed by atoms with Crippen LogP contribution in [0, 0.1) is 23.0 Å². The third-order valence-corrected chi connectivity index (χ3v) is 4.20. The maximum absolute atomic E-state index is 13.5. The van der Waals surface area contributed by atoms with E-state index in [1.54, 1.807) is 0 Å². The van der Waals surface area contributed by atoms with Gasteiger partial charge in [0.05, 0.1) is 18.1 Å². The van der Waals surface area contributed by atoms with Crippen molar-refractivity contribution in [2.75, 3.05) is 13.2 Å². The lowest BCUT2D eigenvalue weighted by molar-refractivity contribution is -0.148. The quantitative estimate of drug-likeness (QED) is 0.700. The van der Waals surface area contributed by atoms with Crippen molar-refractivity contribution in [3.63, 3.8) is 0 Å². The molecule has 0 bridgehead atoms. The van der Waals surface area contributed by atoms with Gasteiger partial charge in [-0.15, -0.1) is 0 Å².